The van der Waals surface area contributed by atoms with Crippen molar-refractivity contribution in [3.63, 3.8) is 0 Å². The molecule has 0 aliphatic carbocycles. The Morgan fingerprint density at radius 2 is 2.20 bits per heavy atom. The Hall–Kier alpha value is -1.47. The number of likely N-dealkylation sites (tertiary alicyclic amines) is 1. The predicted octanol–water partition coefficient (Wildman–Crippen LogP) is -0.601. The number of morpholine rings is 1. The molecule has 0 aromatic heterocycles. The van der Waals surface area contributed by atoms with Crippen LogP contribution < -0.4 is 0 Å². The van der Waals surface area contributed by atoms with E-state index in [0.29, 0.717) is 32.7 Å². The summed E-state index contributed by atoms with van der Waals surface area (Å²) in [5.74, 6) is -0.571. The van der Waals surface area contributed by atoms with Gasteiger partial charge in [0.25, 0.3) is 0 Å². The maximum absolute atomic E-state index is 12.0. The second-order valence-electron chi connectivity index (χ2n) is 5.05. The smallest absolute Gasteiger partial charge is 0.308 e. The summed E-state index contributed by atoms with van der Waals surface area (Å²) < 4.78 is 10.1. The molecule has 2 aliphatic rings. The van der Waals surface area contributed by atoms with Gasteiger partial charge in [0.15, 0.2) is 0 Å². The van der Waals surface area contributed by atoms with Crippen molar-refractivity contribution in [2.45, 2.75) is 25.4 Å². The number of hydrogen-bond acceptors (Lipinski definition) is 6. The van der Waals surface area contributed by atoms with Crippen molar-refractivity contribution in [3.05, 3.63) is 0 Å². The minimum absolute atomic E-state index is 0.0885. The minimum atomic E-state index is -0.321. The Morgan fingerprint density at radius 1 is 1.40 bits per heavy atom. The zero-order chi connectivity index (χ0) is 14.5. The van der Waals surface area contributed by atoms with Gasteiger partial charge in [-0.25, -0.2) is 0 Å². The van der Waals surface area contributed by atoms with Gasteiger partial charge in [-0.2, -0.15) is 0 Å². The van der Waals surface area contributed by atoms with Gasteiger partial charge in [0, 0.05) is 26.1 Å². The van der Waals surface area contributed by atoms with E-state index in [0.717, 1.165) is 6.42 Å². The minimum Gasteiger partial charge on any atom is -0.469 e. The lowest BCUT2D eigenvalue weighted by atomic mass is 10.2. The van der Waals surface area contributed by atoms with E-state index < -0.39 is 0 Å². The molecule has 7 nitrogen and oxygen atoms in total. The first-order valence-corrected chi connectivity index (χ1v) is 6.84. The number of carbonyl (C=O) groups excluding carboxylic acids is 3. The summed E-state index contributed by atoms with van der Waals surface area (Å²) in [6, 6.07) is 0. The van der Waals surface area contributed by atoms with E-state index in [-0.39, 0.29) is 36.9 Å². The molecule has 2 heterocycles. The van der Waals surface area contributed by atoms with Gasteiger partial charge in [0.1, 0.15) is 0 Å². The second kappa shape index (κ2) is 6.81. The Bertz CT molecular complexity index is 398. The van der Waals surface area contributed by atoms with E-state index in [1.807, 2.05) is 4.90 Å². The number of imide groups is 1. The zero-order valence-electron chi connectivity index (χ0n) is 11.7. The monoisotopic (exact) mass is 284 g/mol. The first kappa shape index (κ1) is 14.9. The summed E-state index contributed by atoms with van der Waals surface area (Å²) in [6.07, 6.45) is 1.14. The molecule has 2 fully saturated rings. The molecule has 0 aromatic carbocycles. The standard InChI is InChI=1S/C13H20N2O5/c1-19-13(18)7-10-8-14(5-6-20-10)9-12(17)15-4-2-3-11(15)16/h10H,2-9H2,1H3. The summed E-state index contributed by atoms with van der Waals surface area (Å²) in [5.41, 5.74) is 0. The SMILES string of the molecule is COC(=O)CC1CN(CC(=O)N2CCCC2=O)CCO1. The summed E-state index contributed by atoms with van der Waals surface area (Å²) in [7, 11) is 1.34. The molecule has 0 bridgehead atoms. The van der Waals surface area contributed by atoms with E-state index in [9.17, 15) is 14.4 Å². The zero-order valence-corrected chi connectivity index (χ0v) is 11.7. The predicted molar refractivity (Wildman–Crippen MR) is 68.8 cm³/mol. The third kappa shape index (κ3) is 3.77. The van der Waals surface area contributed by atoms with Crippen LogP contribution in [0.2, 0.25) is 0 Å². The largest absolute Gasteiger partial charge is 0.469 e. The fourth-order valence-electron chi connectivity index (χ4n) is 2.51. The van der Waals surface area contributed by atoms with E-state index in [1.165, 1.54) is 12.0 Å². The van der Waals surface area contributed by atoms with Crippen LogP contribution in [-0.2, 0) is 23.9 Å². The number of esters is 1. The quantitative estimate of drug-likeness (QED) is 0.642. The van der Waals surface area contributed by atoms with Crippen molar-refractivity contribution in [2.75, 3.05) is 39.9 Å². The van der Waals surface area contributed by atoms with E-state index in [2.05, 4.69) is 4.74 Å². The molecule has 1 atom stereocenters. The highest BCUT2D eigenvalue weighted by Gasteiger charge is 2.30. The highest BCUT2D eigenvalue weighted by Crippen LogP contribution is 2.13. The van der Waals surface area contributed by atoms with Crippen molar-refractivity contribution in [1.82, 2.24) is 9.80 Å². The molecule has 112 valence electrons. The molecule has 20 heavy (non-hydrogen) atoms. The Balaban J connectivity index is 1.81. The van der Waals surface area contributed by atoms with Gasteiger partial charge in [-0.15, -0.1) is 0 Å². The maximum atomic E-state index is 12.0. The number of amides is 2. The Morgan fingerprint density at radius 3 is 2.85 bits per heavy atom. The second-order valence-corrected chi connectivity index (χ2v) is 5.05. The molecular formula is C13H20N2O5. The first-order valence-electron chi connectivity index (χ1n) is 6.84. The van der Waals surface area contributed by atoms with Gasteiger partial charge in [0.2, 0.25) is 11.8 Å². The first-order chi connectivity index (χ1) is 9.60. The molecule has 2 aliphatic heterocycles. The van der Waals surface area contributed by atoms with Crippen LogP contribution in [0.1, 0.15) is 19.3 Å². The molecule has 1 unspecified atom stereocenters. The fourth-order valence-corrected chi connectivity index (χ4v) is 2.51. The van der Waals surface area contributed by atoms with E-state index >= 15 is 0 Å². The van der Waals surface area contributed by atoms with Gasteiger partial charge in [-0.05, 0) is 6.42 Å². The molecular weight excluding hydrogens is 264 g/mol. The van der Waals surface area contributed by atoms with Crippen molar-refractivity contribution in [2.24, 2.45) is 0 Å². The summed E-state index contributed by atoms with van der Waals surface area (Å²) in [6.45, 7) is 2.33. The lowest BCUT2D eigenvalue weighted by Crippen LogP contribution is -2.48. The Kier molecular flexibility index (Phi) is 5.08. The van der Waals surface area contributed by atoms with Crippen LogP contribution in [0.15, 0.2) is 0 Å². The van der Waals surface area contributed by atoms with Crippen LogP contribution in [-0.4, -0.2) is 73.6 Å². The normalized spacial score (nSPS) is 23.9. The number of nitrogens with zero attached hydrogens (tertiary/aromatic N) is 2. The number of ether oxygens (including phenoxy) is 2. The van der Waals surface area contributed by atoms with Crippen molar-refractivity contribution >= 4 is 17.8 Å². The molecule has 2 saturated heterocycles. The molecule has 0 N–H and O–H groups in total. The summed E-state index contributed by atoms with van der Waals surface area (Å²) in [4.78, 5) is 38.0. The lowest BCUT2D eigenvalue weighted by molar-refractivity contribution is -0.146. The van der Waals surface area contributed by atoms with E-state index in [4.69, 9.17) is 4.74 Å². The molecule has 0 aromatic rings. The van der Waals surface area contributed by atoms with Gasteiger partial charge in [-0.3, -0.25) is 24.2 Å². The number of rotatable bonds is 4. The summed E-state index contributed by atoms with van der Waals surface area (Å²) in [5, 5.41) is 0. The molecule has 7 heteroatoms. The van der Waals surface area contributed by atoms with Gasteiger partial charge >= 0.3 is 5.97 Å². The van der Waals surface area contributed by atoms with Crippen LogP contribution >= 0.6 is 0 Å². The van der Waals surface area contributed by atoms with Crippen molar-refractivity contribution < 1.29 is 23.9 Å². The number of carbonyl (C=O) groups is 3. The molecule has 2 amide bonds. The fraction of sp³-hybridized carbons (Fsp3) is 0.769. The topological polar surface area (TPSA) is 76.2 Å². The van der Waals surface area contributed by atoms with Gasteiger partial charge in [-0.1, -0.05) is 0 Å². The van der Waals surface area contributed by atoms with Crippen LogP contribution in [0.3, 0.4) is 0 Å². The highest BCUT2D eigenvalue weighted by molar-refractivity contribution is 5.97. The lowest BCUT2D eigenvalue weighted by Gasteiger charge is -2.32. The average molecular weight is 284 g/mol. The third-order valence-electron chi connectivity index (χ3n) is 3.58. The average Bonchev–Trinajstić information content (AvgIpc) is 2.85. The summed E-state index contributed by atoms with van der Waals surface area (Å²) >= 11 is 0. The van der Waals surface area contributed by atoms with Crippen LogP contribution in [0.25, 0.3) is 0 Å². The van der Waals surface area contributed by atoms with Crippen LogP contribution in [0.5, 0.6) is 0 Å². The molecule has 2 rings (SSSR count). The Labute approximate surface area is 117 Å². The molecule has 0 radical (unpaired) electrons. The number of hydrogen-bond donors (Lipinski definition) is 0. The molecule has 0 saturated carbocycles. The van der Waals surface area contributed by atoms with Gasteiger partial charge in [0.05, 0.1) is 32.8 Å². The van der Waals surface area contributed by atoms with Crippen molar-refractivity contribution in [3.8, 4) is 0 Å². The van der Waals surface area contributed by atoms with Gasteiger partial charge < -0.3 is 9.47 Å². The van der Waals surface area contributed by atoms with Crippen LogP contribution in [0, 0.1) is 0 Å². The highest BCUT2D eigenvalue weighted by atomic mass is 16.5. The van der Waals surface area contributed by atoms with Crippen LogP contribution in [0.4, 0.5) is 0 Å². The molecule has 0 spiro atoms. The van der Waals surface area contributed by atoms with E-state index in [1.54, 1.807) is 0 Å². The maximum Gasteiger partial charge on any atom is 0.308 e. The number of methoxy groups -OCH3 is 1. The third-order valence-corrected chi connectivity index (χ3v) is 3.58. The van der Waals surface area contributed by atoms with Crippen molar-refractivity contribution in [1.29, 1.82) is 0 Å².